The number of aliphatic hydroxyl groups excluding tert-OH is 1. The van der Waals surface area contributed by atoms with Crippen molar-refractivity contribution in [2.45, 2.75) is 33.3 Å². The summed E-state index contributed by atoms with van der Waals surface area (Å²) in [4.78, 5) is 12.2. The lowest BCUT2D eigenvalue weighted by Gasteiger charge is -2.18. The number of nitrogens with zero attached hydrogens (tertiary/aromatic N) is 1. The molecule has 0 saturated carbocycles. The normalized spacial score (nSPS) is 13.8. The van der Waals surface area contributed by atoms with Crippen LogP contribution in [0.25, 0.3) is 11.1 Å². The molecular formula is C22H21FN2O5. The number of rotatable bonds is 6. The number of anilines is 1. The van der Waals surface area contributed by atoms with Crippen molar-refractivity contribution in [3.63, 3.8) is 0 Å². The molecule has 1 unspecified atom stereocenters. The van der Waals surface area contributed by atoms with Gasteiger partial charge in [0.2, 0.25) is 6.79 Å². The number of carbonyl (C=O) groups is 1. The van der Waals surface area contributed by atoms with Gasteiger partial charge in [-0.05, 0) is 44.0 Å². The van der Waals surface area contributed by atoms with E-state index in [4.69, 9.17) is 19.5 Å². The van der Waals surface area contributed by atoms with Crippen LogP contribution in [-0.4, -0.2) is 23.9 Å². The monoisotopic (exact) mass is 412 g/mol. The van der Waals surface area contributed by atoms with Gasteiger partial charge in [-0.15, -0.1) is 0 Å². The zero-order valence-electron chi connectivity index (χ0n) is 16.8. The standard InChI is InChI=1S/C22H21FN2O5/c1-4-12(2)30-20-9-18(25-22(27)16(10-24)13(3)26)17(23)8-15(20)14-5-6-19-21(7-14)29-11-28-19/h5-9,12,26H,4,11H2,1-3H3,(H,25,27)/b16-13-. The maximum absolute atomic E-state index is 14.9. The molecule has 1 heterocycles. The smallest absolute Gasteiger partial charge is 0.269 e. The van der Waals surface area contributed by atoms with Crippen molar-refractivity contribution in [2.24, 2.45) is 0 Å². The van der Waals surface area contributed by atoms with Gasteiger partial charge in [0.05, 0.1) is 11.8 Å². The van der Waals surface area contributed by atoms with Gasteiger partial charge in [0.25, 0.3) is 5.91 Å². The van der Waals surface area contributed by atoms with Crippen LogP contribution in [0.4, 0.5) is 10.1 Å². The highest BCUT2D eigenvalue weighted by Gasteiger charge is 2.21. The topological polar surface area (TPSA) is 101 Å². The van der Waals surface area contributed by atoms with E-state index in [0.29, 0.717) is 34.8 Å². The molecule has 0 aliphatic carbocycles. The first-order valence-electron chi connectivity index (χ1n) is 9.35. The lowest BCUT2D eigenvalue weighted by molar-refractivity contribution is -0.112. The molecule has 1 atom stereocenters. The Morgan fingerprint density at radius 1 is 1.33 bits per heavy atom. The maximum atomic E-state index is 14.9. The van der Waals surface area contributed by atoms with Crippen molar-refractivity contribution >= 4 is 11.6 Å². The van der Waals surface area contributed by atoms with Gasteiger partial charge in [0.1, 0.15) is 23.4 Å². The number of benzene rings is 2. The van der Waals surface area contributed by atoms with E-state index >= 15 is 0 Å². The summed E-state index contributed by atoms with van der Waals surface area (Å²) < 4.78 is 31.5. The van der Waals surface area contributed by atoms with Crippen molar-refractivity contribution in [3.8, 4) is 34.4 Å². The number of halogens is 1. The Labute approximate surface area is 173 Å². The SMILES string of the molecule is CCC(C)Oc1cc(NC(=O)/C(C#N)=C(/C)O)c(F)cc1-c1ccc2c(c1)OCO2. The van der Waals surface area contributed by atoms with Crippen molar-refractivity contribution in [1.82, 2.24) is 0 Å². The van der Waals surface area contributed by atoms with E-state index in [-0.39, 0.29) is 18.6 Å². The van der Waals surface area contributed by atoms with Crippen LogP contribution in [-0.2, 0) is 4.79 Å². The predicted molar refractivity (Wildman–Crippen MR) is 108 cm³/mol. The second kappa shape index (κ2) is 8.74. The molecule has 2 aromatic rings. The first-order chi connectivity index (χ1) is 14.3. The van der Waals surface area contributed by atoms with E-state index in [9.17, 15) is 14.3 Å². The number of aliphatic hydroxyl groups is 1. The first-order valence-corrected chi connectivity index (χ1v) is 9.35. The van der Waals surface area contributed by atoms with Crippen molar-refractivity contribution in [2.75, 3.05) is 12.1 Å². The van der Waals surface area contributed by atoms with Gasteiger partial charge in [-0.1, -0.05) is 13.0 Å². The molecule has 3 rings (SSSR count). The Balaban J connectivity index is 2.04. The third-order valence-corrected chi connectivity index (χ3v) is 4.60. The largest absolute Gasteiger partial charge is 0.511 e. The number of carbonyl (C=O) groups excluding carboxylic acids is 1. The zero-order valence-corrected chi connectivity index (χ0v) is 16.8. The molecule has 0 fully saturated rings. The number of ether oxygens (including phenoxy) is 3. The highest BCUT2D eigenvalue weighted by molar-refractivity contribution is 6.07. The van der Waals surface area contributed by atoms with Gasteiger partial charge in [0, 0.05) is 11.6 Å². The summed E-state index contributed by atoms with van der Waals surface area (Å²) in [5.74, 6) is -0.599. The molecule has 0 aromatic heterocycles. The van der Waals surface area contributed by atoms with Crippen LogP contribution in [0.3, 0.4) is 0 Å². The van der Waals surface area contributed by atoms with Gasteiger partial charge >= 0.3 is 0 Å². The van der Waals surface area contributed by atoms with Gasteiger partial charge in [-0.3, -0.25) is 4.79 Å². The molecule has 1 aliphatic heterocycles. The van der Waals surface area contributed by atoms with E-state index in [1.807, 2.05) is 13.8 Å². The summed E-state index contributed by atoms with van der Waals surface area (Å²) >= 11 is 0. The molecule has 1 amide bonds. The van der Waals surface area contributed by atoms with Gasteiger partial charge in [-0.25, -0.2) is 4.39 Å². The predicted octanol–water partition coefficient (Wildman–Crippen LogP) is 4.69. The maximum Gasteiger partial charge on any atom is 0.269 e. The summed E-state index contributed by atoms with van der Waals surface area (Å²) in [6, 6.07) is 9.42. The van der Waals surface area contributed by atoms with Crippen molar-refractivity contribution in [3.05, 3.63) is 47.5 Å². The lowest BCUT2D eigenvalue weighted by Crippen LogP contribution is -2.17. The molecule has 0 radical (unpaired) electrons. The minimum Gasteiger partial charge on any atom is -0.511 e. The van der Waals surface area contributed by atoms with Crippen molar-refractivity contribution in [1.29, 1.82) is 5.26 Å². The van der Waals surface area contributed by atoms with Crippen LogP contribution in [0.5, 0.6) is 17.2 Å². The quantitative estimate of drug-likeness (QED) is 0.405. The fourth-order valence-corrected chi connectivity index (χ4v) is 2.82. The number of allylic oxidation sites excluding steroid dienone is 1. The third-order valence-electron chi connectivity index (χ3n) is 4.60. The summed E-state index contributed by atoms with van der Waals surface area (Å²) in [5, 5.41) is 20.8. The Hall–Kier alpha value is -3.73. The zero-order chi connectivity index (χ0) is 21.8. The lowest BCUT2D eigenvalue weighted by atomic mass is 10.0. The number of hydrogen-bond acceptors (Lipinski definition) is 6. The van der Waals surface area contributed by atoms with E-state index < -0.39 is 23.1 Å². The molecule has 0 saturated heterocycles. The highest BCUT2D eigenvalue weighted by atomic mass is 19.1. The van der Waals surface area contributed by atoms with Crippen LogP contribution < -0.4 is 19.5 Å². The third kappa shape index (κ3) is 4.30. The molecule has 1 aliphatic rings. The van der Waals surface area contributed by atoms with Crippen LogP contribution >= 0.6 is 0 Å². The Morgan fingerprint density at radius 2 is 2.07 bits per heavy atom. The molecule has 0 spiro atoms. The Morgan fingerprint density at radius 3 is 2.73 bits per heavy atom. The summed E-state index contributed by atoms with van der Waals surface area (Å²) in [6.45, 7) is 5.14. The van der Waals surface area contributed by atoms with Crippen LogP contribution in [0.15, 0.2) is 41.7 Å². The molecular weight excluding hydrogens is 391 g/mol. The van der Waals surface area contributed by atoms with Gasteiger partial charge in [-0.2, -0.15) is 5.26 Å². The first kappa shape index (κ1) is 21.0. The number of nitrogens with one attached hydrogen (secondary N) is 1. The van der Waals surface area contributed by atoms with Crippen LogP contribution in [0, 0.1) is 17.1 Å². The molecule has 30 heavy (non-hydrogen) atoms. The van der Waals surface area contributed by atoms with E-state index in [2.05, 4.69) is 5.32 Å². The molecule has 0 bridgehead atoms. The van der Waals surface area contributed by atoms with E-state index in [1.165, 1.54) is 19.1 Å². The highest BCUT2D eigenvalue weighted by Crippen LogP contribution is 2.40. The molecule has 156 valence electrons. The molecule has 2 N–H and O–H groups in total. The fourth-order valence-electron chi connectivity index (χ4n) is 2.82. The average molecular weight is 412 g/mol. The summed E-state index contributed by atoms with van der Waals surface area (Å²) in [5.41, 5.74) is 0.451. The van der Waals surface area contributed by atoms with E-state index in [1.54, 1.807) is 24.3 Å². The second-order valence-electron chi connectivity index (χ2n) is 6.76. The van der Waals surface area contributed by atoms with Crippen LogP contribution in [0.1, 0.15) is 27.2 Å². The Bertz CT molecular complexity index is 1050. The number of amides is 1. The van der Waals surface area contributed by atoms with E-state index in [0.717, 1.165) is 0 Å². The number of nitriles is 1. The van der Waals surface area contributed by atoms with Crippen molar-refractivity contribution < 1.29 is 28.5 Å². The molecule has 2 aromatic carbocycles. The number of hydrogen-bond donors (Lipinski definition) is 2. The average Bonchev–Trinajstić information content (AvgIpc) is 3.18. The molecule has 8 heteroatoms. The Kier molecular flexibility index (Phi) is 6.11. The summed E-state index contributed by atoms with van der Waals surface area (Å²) in [7, 11) is 0. The van der Waals surface area contributed by atoms with Gasteiger partial charge < -0.3 is 24.6 Å². The molecule has 7 nitrogen and oxygen atoms in total. The number of fused-ring (bicyclic) bond motifs is 1. The van der Waals surface area contributed by atoms with Gasteiger partial charge in [0.15, 0.2) is 17.1 Å². The minimum absolute atomic E-state index is 0.118. The van der Waals surface area contributed by atoms with Crippen LogP contribution in [0.2, 0.25) is 0 Å². The summed E-state index contributed by atoms with van der Waals surface area (Å²) in [6.07, 6.45) is 0.547. The fraction of sp³-hybridized carbons (Fsp3) is 0.273. The minimum atomic E-state index is -0.915. The second-order valence-corrected chi connectivity index (χ2v) is 6.76.